The lowest BCUT2D eigenvalue weighted by molar-refractivity contribution is 0.0870. The van der Waals surface area contributed by atoms with Crippen LogP contribution in [0.25, 0.3) is 21.9 Å². The van der Waals surface area contributed by atoms with E-state index in [1.54, 1.807) is 6.26 Å². The SMILES string of the molecule is Cc1coc2c1c1c(c3oc(=O)c4c(c32)CCCC4)CCC(C)(C)O1. The van der Waals surface area contributed by atoms with Crippen LogP contribution in [0.1, 0.15) is 55.4 Å². The summed E-state index contributed by atoms with van der Waals surface area (Å²) in [4.78, 5) is 12.6. The normalized spacial score (nSPS) is 18.8. The summed E-state index contributed by atoms with van der Waals surface area (Å²) in [5.41, 5.74) is 5.14. The zero-order chi connectivity index (χ0) is 17.3. The molecule has 130 valence electrons. The van der Waals surface area contributed by atoms with E-state index in [1.165, 1.54) is 0 Å². The van der Waals surface area contributed by atoms with Gasteiger partial charge in [0.05, 0.1) is 17.0 Å². The van der Waals surface area contributed by atoms with Crippen LogP contribution in [-0.2, 0) is 19.3 Å². The van der Waals surface area contributed by atoms with E-state index in [2.05, 4.69) is 20.8 Å². The van der Waals surface area contributed by atoms with Crippen LogP contribution < -0.4 is 10.4 Å². The van der Waals surface area contributed by atoms with E-state index < -0.39 is 0 Å². The van der Waals surface area contributed by atoms with E-state index in [9.17, 15) is 4.79 Å². The van der Waals surface area contributed by atoms with Gasteiger partial charge < -0.3 is 13.6 Å². The first-order chi connectivity index (χ1) is 12.0. The summed E-state index contributed by atoms with van der Waals surface area (Å²) in [6, 6.07) is 0. The molecule has 1 aliphatic heterocycles. The Hall–Kier alpha value is -2.23. The Bertz CT molecular complexity index is 1080. The fourth-order valence-electron chi connectivity index (χ4n) is 4.46. The Balaban J connectivity index is 2.00. The smallest absolute Gasteiger partial charge is 0.339 e. The van der Waals surface area contributed by atoms with Crippen LogP contribution in [0.3, 0.4) is 0 Å². The van der Waals surface area contributed by atoms with Crippen LogP contribution in [0.2, 0.25) is 0 Å². The van der Waals surface area contributed by atoms with Crippen LogP contribution in [0.15, 0.2) is 19.9 Å². The van der Waals surface area contributed by atoms with Gasteiger partial charge in [0.25, 0.3) is 0 Å². The minimum atomic E-state index is -0.230. The first-order valence-corrected chi connectivity index (χ1v) is 9.16. The Labute approximate surface area is 145 Å². The first kappa shape index (κ1) is 15.1. The van der Waals surface area contributed by atoms with Gasteiger partial charge in [0.1, 0.15) is 22.5 Å². The molecular weight excluding hydrogens is 316 g/mol. The van der Waals surface area contributed by atoms with E-state index in [-0.39, 0.29) is 11.2 Å². The monoisotopic (exact) mass is 338 g/mol. The summed E-state index contributed by atoms with van der Waals surface area (Å²) in [5, 5.41) is 2.04. The fraction of sp³-hybridized carbons (Fsp3) is 0.476. The highest BCUT2D eigenvalue weighted by molar-refractivity contribution is 6.10. The maximum absolute atomic E-state index is 12.6. The van der Waals surface area contributed by atoms with Gasteiger partial charge in [0.15, 0.2) is 0 Å². The van der Waals surface area contributed by atoms with Crippen molar-refractivity contribution in [2.45, 2.75) is 64.9 Å². The summed E-state index contributed by atoms with van der Waals surface area (Å²) in [5.74, 6) is 0.837. The lowest BCUT2D eigenvalue weighted by Crippen LogP contribution is -2.33. The summed E-state index contributed by atoms with van der Waals surface area (Å²) in [7, 11) is 0. The molecule has 0 radical (unpaired) electrons. The van der Waals surface area contributed by atoms with E-state index in [1.807, 2.05) is 0 Å². The van der Waals surface area contributed by atoms with E-state index in [0.717, 1.165) is 82.9 Å². The molecule has 1 aromatic carbocycles. The van der Waals surface area contributed by atoms with Gasteiger partial charge in [-0.1, -0.05) is 0 Å². The van der Waals surface area contributed by atoms with Gasteiger partial charge in [0.2, 0.25) is 0 Å². The van der Waals surface area contributed by atoms with Gasteiger partial charge in [0, 0.05) is 11.1 Å². The van der Waals surface area contributed by atoms with Gasteiger partial charge in [-0.15, -0.1) is 0 Å². The van der Waals surface area contributed by atoms with Gasteiger partial charge >= 0.3 is 5.63 Å². The maximum atomic E-state index is 12.6. The number of aryl methyl sites for hydroxylation is 3. The van der Waals surface area contributed by atoms with Gasteiger partial charge in [-0.3, -0.25) is 0 Å². The highest BCUT2D eigenvalue weighted by Gasteiger charge is 2.34. The summed E-state index contributed by atoms with van der Waals surface area (Å²) >= 11 is 0. The number of ether oxygens (including phenoxy) is 1. The Morgan fingerprint density at radius 3 is 2.52 bits per heavy atom. The van der Waals surface area contributed by atoms with Crippen molar-refractivity contribution in [1.82, 2.24) is 0 Å². The standard InChI is InChI=1S/C21H22O4/c1-11-10-23-19-15(11)18-14(8-9-21(2,3)25-18)17-16(19)12-6-4-5-7-13(12)20(22)24-17/h10H,4-9H2,1-3H3. The van der Waals surface area contributed by atoms with Crippen molar-refractivity contribution in [3.8, 4) is 5.75 Å². The van der Waals surface area contributed by atoms with Gasteiger partial charge in [-0.2, -0.15) is 0 Å². The van der Waals surface area contributed by atoms with Crippen LogP contribution >= 0.6 is 0 Å². The third kappa shape index (κ3) is 2.03. The average Bonchev–Trinajstić information content (AvgIpc) is 2.96. The molecule has 0 fully saturated rings. The second-order valence-electron chi connectivity index (χ2n) is 8.05. The topological polar surface area (TPSA) is 52.6 Å². The van der Waals surface area contributed by atoms with Crippen LogP contribution in [-0.4, -0.2) is 5.60 Å². The fourth-order valence-corrected chi connectivity index (χ4v) is 4.46. The average molecular weight is 338 g/mol. The maximum Gasteiger partial charge on any atom is 0.339 e. The molecular formula is C21H22O4. The number of rotatable bonds is 0. The van der Waals surface area contributed by atoms with Crippen LogP contribution in [0, 0.1) is 6.92 Å². The molecule has 3 heterocycles. The molecule has 1 aliphatic carbocycles. The summed E-state index contributed by atoms with van der Waals surface area (Å²) in [6.07, 6.45) is 7.40. The number of hydrogen-bond acceptors (Lipinski definition) is 4. The van der Waals surface area contributed by atoms with E-state index >= 15 is 0 Å². The van der Waals surface area contributed by atoms with Crippen molar-refractivity contribution < 1.29 is 13.6 Å². The number of fused-ring (bicyclic) bond motifs is 8. The molecule has 2 aliphatic rings. The van der Waals surface area contributed by atoms with Crippen molar-refractivity contribution in [3.63, 3.8) is 0 Å². The van der Waals surface area contributed by atoms with Crippen LogP contribution in [0.4, 0.5) is 0 Å². The molecule has 0 spiro atoms. The third-order valence-electron chi connectivity index (χ3n) is 5.77. The molecule has 0 saturated carbocycles. The summed E-state index contributed by atoms with van der Waals surface area (Å²) < 4.78 is 18.2. The molecule has 0 saturated heterocycles. The van der Waals surface area contributed by atoms with Crippen molar-refractivity contribution >= 4 is 21.9 Å². The Morgan fingerprint density at radius 2 is 1.72 bits per heavy atom. The molecule has 0 N–H and O–H groups in total. The molecule has 5 rings (SSSR count). The molecule has 0 bridgehead atoms. The number of furan rings is 1. The third-order valence-corrected chi connectivity index (χ3v) is 5.77. The molecule has 4 heteroatoms. The van der Waals surface area contributed by atoms with Crippen molar-refractivity contribution in [1.29, 1.82) is 0 Å². The Morgan fingerprint density at radius 1 is 0.960 bits per heavy atom. The molecule has 0 atom stereocenters. The first-order valence-electron chi connectivity index (χ1n) is 9.16. The lowest BCUT2D eigenvalue weighted by atomic mass is 9.86. The van der Waals surface area contributed by atoms with Crippen LogP contribution in [0.5, 0.6) is 5.75 Å². The predicted octanol–water partition coefficient (Wildman–Crippen LogP) is 4.83. The number of hydrogen-bond donors (Lipinski definition) is 0. The van der Waals surface area contributed by atoms with Crippen molar-refractivity contribution in [2.24, 2.45) is 0 Å². The van der Waals surface area contributed by atoms with Crippen molar-refractivity contribution in [2.75, 3.05) is 0 Å². The minimum absolute atomic E-state index is 0.183. The molecule has 25 heavy (non-hydrogen) atoms. The van der Waals surface area contributed by atoms with E-state index in [0.29, 0.717) is 5.58 Å². The van der Waals surface area contributed by atoms with E-state index in [4.69, 9.17) is 13.6 Å². The highest BCUT2D eigenvalue weighted by atomic mass is 16.5. The minimum Gasteiger partial charge on any atom is -0.487 e. The second kappa shape index (κ2) is 4.90. The molecule has 4 nitrogen and oxygen atoms in total. The van der Waals surface area contributed by atoms with Gasteiger partial charge in [-0.25, -0.2) is 4.79 Å². The number of benzene rings is 1. The zero-order valence-electron chi connectivity index (χ0n) is 15.0. The zero-order valence-corrected chi connectivity index (χ0v) is 15.0. The van der Waals surface area contributed by atoms with Crippen molar-refractivity contribution in [3.05, 3.63) is 38.9 Å². The van der Waals surface area contributed by atoms with Gasteiger partial charge in [-0.05, 0) is 70.4 Å². The predicted molar refractivity (Wildman–Crippen MR) is 96.7 cm³/mol. The lowest BCUT2D eigenvalue weighted by Gasteiger charge is -2.33. The second-order valence-corrected chi connectivity index (χ2v) is 8.05. The molecule has 2 aromatic heterocycles. The molecule has 0 amide bonds. The molecule has 0 unspecified atom stereocenters. The quantitative estimate of drug-likeness (QED) is 0.551. The largest absolute Gasteiger partial charge is 0.487 e. The highest BCUT2D eigenvalue weighted by Crippen LogP contribution is 2.47. The summed E-state index contributed by atoms with van der Waals surface area (Å²) in [6.45, 7) is 6.25. The Kier molecular flexibility index (Phi) is 2.95. The molecule has 3 aromatic rings.